The molecule has 0 saturated heterocycles. The first-order valence-corrected chi connectivity index (χ1v) is 8.00. The molecule has 21 heavy (non-hydrogen) atoms. The monoisotopic (exact) mass is 278 g/mol. The van der Waals surface area contributed by atoms with Crippen molar-refractivity contribution in [3.8, 4) is 0 Å². The second-order valence-corrected chi connectivity index (χ2v) is 6.25. The minimum absolute atomic E-state index is 0.555. The second-order valence-electron chi connectivity index (χ2n) is 6.25. The lowest BCUT2D eigenvalue weighted by Gasteiger charge is -2.32. The van der Waals surface area contributed by atoms with Crippen molar-refractivity contribution in [3.05, 3.63) is 59.7 Å². The topological polar surface area (TPSA) is 6.48 Å². The first kappa shape index (κ1) is 12.8. The maximum Gasteiger partial charge on any atom is 0.0437 e. The lowest BCUT2D eigenvalue weighted by atomic mass is 10.1. The minimum atomic E-state index is 0.555. The smallest absolute Gasteiger partial charge is 0.0437 e. The predicted octanol–water partition coefficient (Wildman–Crippen LogP) is 3.50. The van der Waals surface area contributed by atoms with Gasteiger partial charge in [-0.05, 0) is 43.0 Å². The Morgan fingerprint density at radius 1 is 0.857 bits per heavy atom. The highest BCUT2D eigenvalue weighted by molar-refractivity contribution is 5.61. The molecule has 0 bridgehead atoms. The van der Waals surface area contributed by atoms with Gasteiger partial charge in [0.05, 0.1) is 0 Å². The van der Waals surface area contributed by atoms with E-state index in [-0.39, 0.29) is 0 Å². The lowest BCUT2D eigenvalue weighted by Crippen LogP contribution is -2.41. The summed E-state index contributed by atoms with van der Waals surface area (Å²) in [6, 6.07) is 18.3. The predicted molar refractivity (Wildman–Crippen MR) is 89.3 cm³/mol. The normalized spacial score (nSPS) is 17.8. The molecule has 2 heterocycles. The average Bonchev–Trinajstić information content (AvgIpc) is 3.12. The van der Waals surface area contributed by atoms with E-state index in [4.69, 9.17) is 0 Å². The molecule has 0 spiro atoms. The molecule has 1 atom stereocenters. The maximum absolute atomic E-state index is 2.58. The van der Waals surface area contributed by atoms with Crippen LogP contribution in [0.25, 0.3) is 0 Å². The largest absolute Gasteiger partial charge is 0.369 e. The summed E-state index contributed by atoms with van der Waals surface area (Å²) in [6.07, 6.45) is 2.39. The third kappa shape index (κ3) is 2.19. The van der Waals surface area contributed by atoms with Crippen LogP contribution in [0.1, 0.15) is 18.1 Å². The summed E-state index contributed by atoms with van der Waals surface area (Å²) in [6.45, 7) is 5.81. The van der Waals surface area contributed by atoms with Crippen LogP contribution in [0.2, 0.25) is 0 Å². The molecule has 2 aliphatic heterocycles. The summed E-state index contributed by atoms with van der Waals surface area (Å²) in [5.74, 6) is 0. The van der Waals surface area contributed by atoms with Gasteiger partial charge in [0, 0.05) is 37.1 Å². The van der Waals surface area contributed by atoms with Crippen molar-refractivity contribution in [1.82, 2.24) is 0 Å². The van der Waals surface area contributed by atoms with E-state index in [1.807, 2.05) is 0 Å². The molecule has 0 radical (unpaired) electrons. The van der Waals surface area contributed by atoms with Crippen LogP contribution in [-0.4, -0.2) is 25.7 Å². The van der Waals surface area contributed by atoms with Crippen molar-refractivity contribution >= 4 is 11.4 Å². The van der Waals surface area contributed by atoms with Crippen molar-refractivity contribution in [2.75, 3.05) is 29.4 Å². The fourth-order valence-electron chi connectivity index (χ4n) is 3.84. The summed E-state index contributed by atoms with van der Waals surface area (Å²) in [4.78, 5) is 5.14. The van der Waals surface area contributed by atoms with E-state index in [0.717, 1.165) is 13.1 Å². The van der Waals surface area contributed by atoms with E-state index in [9.17, 15) is 0 Å². The number of para-hydroxylation sites is 2. The van der Waals surface area contributed by atoms with Crippen LogP contribution in [0.5, 0.6) is 0 Å². The summed E-state index contributed by atoms with van der Waals surface area (Å²) < 4.78 is 0. The highest BCUT2D eigenvalue weighted by Crippen LogP contribution is 2.32. The van der Waals surface area contributed by atoms with Gasteiger partial charge in [0.25, 0.3) is 0 Å². The Morgan fingerprint density at radius 2 is 1.48 bits per heavy atom. The van der Waals surface area contributed by atoms with E-state index in [1.165, 1.54) is 41.9 Å². The molecule has 2 aliphatic rings. The number of rotatable bonds is 3. The average molecular weight is 278 g/mol. The van der Waals surface area contributed by atoms with Crippen molar-refractivity contribution in [3.63, 3.8) is 0 Å². The van der Waals surface area contributed by atoms with Crippen LogP contribution in [0.3, 0.4) is 0 Å². The molecule has 0 saturated carbocycles. The molecule has 2 aromatic carbocycles. The van der Waals surface area contributed by atoms with Gasteiger partial charge in [-0.3, -0.25) is 0 Å². The van der Waals surface area contributed by atoms with E-state index in [2.05, 4.69) is 65.3 Å². The molecule has 0 N–H and O–H groups in total. The molecule has 2 aromatic rings. The van der Waals surface area contributed by atoms with Gasteiger partial charge < -0.3 is 9.80 Å². The van der Waals surface area contributed by atoms with Crippen molar-refractivity contribution in [1.29, 1.82) is 0 Å². The lowest BCUT2D eigenvalue weighted by molar-refractivity contribution is 0.631. The molecular formula is C19H22N2. The highest BCUT2D eigenvalue weighted by Gasteiger charge is 2.26. The van der Waals surface area contributed by atoms with Gasteiger partial charge in [-0.1, -0.05) is 36.4 Å². The van der Waals surface area contributed by atoms with Crippen molar-refractivity contribution < 1.29 is 0 Å². The van der Waals surface area contributed by atoms with Crippen LogP contribution < -0.4 is 9.80 Å². The number of hydrogen-bond donors (Lipinski definition) is 0. The Labute approximate surface area is 127 Å². The van der Waals surface area contributed by atoms with Gasteiger partial charge in [0.1, 0.15) is 0 Å². The summed E-state index contributed by atoms with van der Waals surface area (Å²) in [7, 11) is 0. The Hall–Kier alpha value is -1.96. The number of benzene rings is 2. The Balaban J connectivity index is 1.52. The molecule has 108 valence electrons. The van der Waals surface area contributed by atoms with Crippen molar-refractivity contribution in [2.24, 2.45) is 0 Å². The van der Waals surface area contributed by atoms with Gasteiger partial charge in [-0.2, -0.15) is 0 Å². The third-order valence-electron chi connectivity index (χ3n) is 4.92. The molecule has 0 amide bonds. The number of nitrogens with zero attached hydrogens (tertiary/aromatic N) is 2. The van der Waals surface area contributed by atoms with Crippen LogP contribution >= 0.6 is 0 Å². The van der Waals surface area contributed by atoms with Crippen LogP contribution in [0.4, 0.5) is 11.4 Å². The van der Waals surface area contributed by atoms with Gasteiger partial charge >= 0.3 is 0 Å². The highest BCUT2D eigenvalue weighted by atomic mass is 15.2. The first-order valence-electron chi connectivity index (χ1n) is 8.00. The number of anilines is 2. The Morgan fingerprint density at radius 3 is 2.29 bits per heavy atom. The fraction of sp³-hybridized carbons (Fsp3) is 0.368. The molecular weight excluding hydrogens is 256 g/mol. The second kappa shape index (κ2) is 5.10. The maximum atomic E-state index is 2.58. The van der Waals surface area contributed by atoms with Crippen LogP contribution in [0, 0.1) is 0 Å². The molecule has 0 aliphatic carbocycles. The Kier molecular flexibility index (Phi) is 3.10. The van der Waals surface area contributed by atoms with E-state index < -0.39 is 0 Å². The summed E-state index contributed by atoms with van der Waals surface area (Å²) in [5.41, 5.74) is 5.90. The first-order chi connectivity index (χ1) is 10.3. The molecule has 2 nitrogen and oxygen atoms in total. The molecule has 0 aromatic heterocycles. The standard InChI is InChI=1S/C19H22N2/c1-15(21-13-11-17-7-3-5-9-19(17)21)14-20-12-10-16-6-2-4-8-18(16)20/h2-9,15H,10-14H2,1H3. The van der Waals surface area contributed by atoms with E-state index >= 15 is 0 Å². The minimum Gasteiger partial charge on any atom is -0.369 e. The van der Waals surface area contributed by atoms with Crippen molar-refractivity contribution in [2.45, 2.75) is 25.8 Å². The number of fused-ring (bicyclic) bond motifs is 2. The van der Waals surface area contributed by atoms with E-state index in [1.54, 1.807) is 0 Å². The number of hydrogen-bond acceptors (Lipinski definition) is 2. The third-order valence-corrected chi connectivity index (χ3v) is 4.92. The molecule has 1 unspecified atom stereocenters. The summed E-state index contributed by atoms with van der Waals surface area (Å²) in [5, 5.41) is 0. The van der Waals surface area contributed by atoms with E-state index in [0.29, 0.717) is 6.04 Å². The van der Waals surface area contributed by atoms with Crippen LogP contribution in [0.15, 0.2) is 48.5 Å². The summed E-state index contributed by atoms with van der Waals surface area (Å²) >= 11 is 0. The molecule has 4 rings (SSSR count). The SMILES string of the molecule is CC(CN1CCc2ccccc21)N1CCc2ccccc21. The fourth-order valence-corrected chi connectivity index (χ4v) is 3.84. The zero-order valence-corrected chi connectivity index (χ0v) is 12.6. The van der Waals surface area contributed by atoms with Gasteiger partial charge in [-0.25, -0.2) is 0 Å². The van der Waals surface area contributed by atoms with Crippen LogP contribution in [-0.2, 0) is 12.8 Å². The van der Waals surface area contributed by atoms with Gasteiger partial charge in [0.15, 0.2) is 0 Å². The molecule has 0 fully saturated rings. The molecule has 2 heteroatoms. The van der Waals surface area contributed by atoms with Gasteiger partial charge in [0.2, 0.25) is 0 Å². The Bertz CT molecular complexity index is 650. The zero-order valence-electron chi connectivity index (χ0n) is 12.6. The van der Waals surface area contributed by atoms with Gasteiger partial charge in [-0.15, -0.1) is 0 Å². The quantitative estimate of drug-likeness (QED) is 0.848. The zero-order chi connectivity index (χ0) is 14.2.